The van der Waals surface area contributed by atoms with Gasteiger partial charge in [-0.3, -0.25) is 4.90 Å². The molecule has 3 nitrogen and oxygen atoms in total. The van der Waals surface area contributed by atoms with E-state index in [-0.39, 0.29) is 0 Å². The Kier molecular flexibility index (Phi) is 5.88. The fourth-order valence-electron chi connectivity index (χ4n) is 3.67. The van der Waals surface area contributed by atoms with Crippen LogP contribution in [-0.4, -0.2) is 48.8 Å². The van der Waals surface area contributed by atoms with Crippen molar-refractivity contribution in [3.8, 4) is 0 Å². The maximum Gasteiger partial charge on any atom is 0.0706 e. The highest BCUT2D eigenvalue weighted by atomic mass is 16.5. The quantitative estimate of drug-likeness (QED) is 0.839. The molecule has 0 aliphatic carbocycles. The molecule has 2 heterocycles. The summed E-state index contributed by atoms with van der Waals surface area (Å²) in [5, 5.41) is 3.78. The Balaban J connectivity index is 1.95. The Morgan fingerprint density at radius 2 is 2.00 bits per heavy atom. The molecular formula is C17H34N2O. The summed E-state index contributed by atoms with van der Waals surface area (Å²) in [5.74, 6) is 1.47. The first kappa shape index (κ1) is 16.3. The lowest BCUT2D eigenvalue weighted by Crippen LogP contribution is -2.61. The van der Waals surface area contributed by atoms with Gasteiger partial charge in [-0.2, -0.15) is 0 Å². The van der Waals surface area contributed by atoms with E-state index in [1.165, 1.54) is 25.8 Å². The summed E-state index contributed by atoms with van der Waals surface area (Å²) < 4.78 is 6.05. The van der Waals surface area contributed by atoms with E-state index >= 15 is 0 Å². The summed E-state index contributed by atoms with van der Waals surface area (Å²) in [4.78, 5) is 2.71. The van der Waals surface area contributed by atoms with Gasteiger partial charge in [-0.25, -0.2) is 0 Å². The fourth-order valence-corrected chi connectivity index (χ4v) is 3.67. The molecule has 2 saturated heterocycles. The molecule has 2 aliphatic rings. The minimum atomic E-state index is 0.460. The van der Waals surface area contributed by atoms with Gasteiger partial charge in [0.05, 0.1) is 12.2 Å². The van der Waals surface area contributed by atoms with Crippen molar-refractivity contribution in [2.45, 2.75) is 78.2 Å². The Morgan fingerprint density at radius 1 is 1.25 bits per heavy atom. The van der Waals surface area contributed by atoms with Crippen LogP contribution in [0.1, 0.15) is 53.9 Å². The van der Waals surface area contributed by atoms with E-state index in [9.17, 15) is 0 Å². The zero-order chi connectivity index (χ0) is 14.7. The molecule has 2 rings (SSSR count). The van der Waals surface area contributed by atoms with Crippen LogP contribution in [0.3, 0.4) is 0 Å². The van der Waals surface area contributed by atoms with E-state index in [2.05, 4.69) is 44.8 Å². The average Bonchev–Trinajstić information content (AvgIpc) is 2.82. The third-order valence-electron chi connectivity index (χ3n) is 5.35. The first-order valence-electron chi connectivity index (χ1n) is 8.64. The second-order valence-corrected chi connectivity index (χ2v) is 7.31. The van der Waals surface area contributed by atoms with Gasteiger partial charge in [0.2, 0.25) is 0 Å². The number of piperazine rings is 1. The fraction of sp³-hybridized carbons (Fsp3) is 1.00. The van der Waals surface area contributed by atoms with Gasteiger partial charge in [0.25, 0.3) is 0 Å². The summed E-state index contributed by atoms with van der Waals surface area (Å²) in [6, 6.07) is 1.31. The van der Waals surface area contributed by atoms with Gasteiger partial charge in [0.1, 0.15) is 0 Å². The van der Waals surface area contributed by atoms with E-state index in [0.717, 1.165) is 19.0 Å². The van der Waals surface area contributed by atoms with E-state index in [1.54, 1.807) is 0 Å². The summed E-state index contributed by atoms with van der Waals surface area (Å²) >= 11 is 0. The van der Waals surface area contributed by atoms with Crippen LogP contribution in [0.25, 0.3) is 0 Å². The standard InChI is InChI=1S/C17H34N2O/c1-6-13(4)16-11-19(17(9-18-16)12(2)3)10-15-8-7-14(5)20-15/h12-18H,6-11H2,1-5H3. The normalized spacial score (nSPS) is 37.5. The number of hydrogen-bond acceptors (Lipinski definition) is 3. The molecule has 0 aromatic carbocycles. The van der Waals surface area contributed by atoms with Crippen LogP contribution >= 0.6 is 0 Å². The summed E-state index contributed by atoms with van der Waals surface area (Å²) in [6.07, 6.45) is 4.66. The Bertz CT molecular complexity index is 293. The van der Waals surface area contributed by atoms with Crippen LogP contribution in [0.4, 0.5) is 0 Å². The monoisotopic (exact) mass is 282 g/mol. The molecular weight excluding hydrogens is 248 g/mol. The van der Waals surface area contributed by atoms with E-state index in [1.807, 2.05) is 0 Å². The lowest BCUT2D eigenvalue weighted by molar-refractivity contribution is -0.00125. The van der Waals surface area contributed by atoms with Crippen LogP contribution in [-0.2, 0) is 4.74 Å². The van der Waals surface area contributed by atoms with Crippen molar-refractivity contribution in [3.63, 3.8) is 0 Å². The topological polar surface area (TPSA) is 24.5 Å². The van der Waals surface area contributed by atoms with Crippen molar-refractivity contribution in [1.82, 2.24) is 10.2 Å². The largest absolute Gasteiger partial charge is 0.374 e. The molecule has 0 radical (unpaired) electrons. The third-order valence-corrected chi connectivity index (χ3v) is 5.35. The van der Waals surface area contributed by atoms with Crippen LogP contribution in [0.2, 0.25) is 0 Å². The molecule has 1 N–H and O–H groups in total. The second-order valence-electron chi connectivity index (χ2n) is 7.31. The van der Waals surface area contributed by atoms with Crippen LogP contribution in [0, 0.1) is 11.8 Å². The van der Waals surface area contributed by atoms with Gasteiger partial charge in [-0.15, -0.1) is 0 Å². The Hall–Kier alpha value is -0.120. The van der Waals surface area contributed by atoms with Crippen molar-refractivity contribution in [3.05, 3.63) is 0 Å². The van der Waals surface area contributed by atoms with Crippen molar-refractivity contribution in [2.75, 3.05) is 19.6 Å². The minimum Gasteiger partial charge on any atom is -0.374 e. The first-order chi connectivity index (χ1) is 9.51. The van der Waals surface area contributed by atoms with E-state index in [0.29, 0.717) is 30.2 Å². The third kappa shape index (κ3) is 3.96. The SMILES string of the molecule is CCC(C)C1CN(CC2CCC(C)O2)C(C(C)C)CN1. The maximum absolute atomic E-state index is 6.05. The first-order valence-corrected chi connectivity index (χ1v) is 8.64. The lowest BCUT2D eigenvalue weighted by atomic mass is 9.92. The molecule has 0 spiro atoms. The summed E-state index contributed by atoms with van der Waals surface area (Å²) in [7, 11) is 0. The highest BCUT2D eigenvalue weighted by Crippen LogP contribution is 2.24. The highest BCUT2D eigenvalue weighted by molar-refractivity contribution is 4.91. The zero-order valence-corrected chi connectivity index (χ0v) is 14.1. The molecule has 5 unspecified atom stereocenters. The van der Waals surface area contributed by atoms with Crippen molar-refractivity contribution in [1.29, 1.82) is 0 Å². The number of hydrogen-bond donors (Lipinski definition) is 1. The predicted octanol–water partition coefficient (Wildman–Crippen LogP) is 2.90. The van der Waals surface area contributed by atoms with Gasteiger partial charge >= 0.3 is 0 Å². The van der Waals surface area contributed by atoms with Gasteiger partial charge in [0, 0.05) is 31.7 Å². The van der Waals surface area contributed by atoms with Crippen molar-refractivity contribution >= 4 is 0 Å². The molecule has 0 bridgehead atoms. The van der Waals surface area contributed by atoms with Gasteiger partial charge < -0.3 is 10.1 Å². The van der Waals surface area contributed by atoms with Crippen LogP contribution < -0.4 is 5.32 Å². The lowest BCUT2D eigenvalue weighted by Gasteiger charge is -2.45. The molecule has 0 saturated carbocycles. The molecule has 3 heteroatoms. The molecule has 2 fully saturated rings. The van der Waals surface area contributed by atoms with E-state index < -0.39 is 0 Å². The van der Waals surface area contributed by atoms with Crippen LogP contribution in [0.5, 0.6) is 0 Å². The van der Waals surface area contributed by atoms with E-state index in [4.69, 9.17) is 4.74 Å². The molecule has 20 heavy (non-hydrogen) atoms. The summed E-state index contributed by atoms with van der Waals surface area (Å²) in [6.45, 7) is 15.0. The molecule has 0 aromatic rings. The molecule has 0 aromatic heterocycles. The molecule has 118 valence electrons. The number of ether oxygens (including phenoxy) is 1. The Labute approximate surface area is 125 Å². The molecule has 5 atom stereocenters. The van der Waals surface area contributed by atoms with Gasteiger partial charge in [-0.1, -0.05) is 34.1 Å². The zero-order valence-electron chi connectivity index (χ0n) is 14.1. The average molecular weight is 282 g/mol. The maximum atomic E-state index is 6.05. The highest BCUT2D eigenvalue weighted by Gasteiger charge is 2.34. The summed E-state index contributed by atoms with van der Waals surface area (Å²) in [5.41, 5.74) is 0. The minimum absolute atomic E-state index is 0.460. The van der Waals surface area contributed by atoms with Gasteiger partial charge in [-0.05, 0) is 31.6 Å². The second kappa shape index (κ2) is 7.24. The predicted molar refractivity (Wildman–Crippen MR) is 85.0 cm³/mol. The Morgan fingerprint density at radius 3 is 2.55 bits per heavy atom. The molecule has 2 aliphatic heterocycles. The number of rotatable bonds is 5. The number of nitrogens with zero attached hydrogens (tertiary/aromatic N) is 1. The molecule has 0 amide bonds. The van der Waals surface area contributed by atoms with Crippen molar-refractivity contribution < 1.29 is 4.74 Å². The van der Waals surface area contributed by atoms with Crippen molar-refractivity contribution in [2.24, 2.45) is 11.8 Å². The van der Waals surface area contributed by atoms with Gasteiger partial charge in [0.15, 0.2) is 0 Å². The smallest absolute Gasteiger partial charge is 0.0706 e. The van der Waals surface area contributed by atoms with Crippen LogP contribution in [0.15, 0.2) is 0 Å². The number of nitrogens with one attached hydrogen (secondary N) is 1.